The number of pyridine rings is 1. The van der Waals surface area contributed by atoms with E-state index in [1.54, 1.807) is 6.07 Å². The SMILES string of the molecule is O=C(O)c1cc(CN2CCOCC2)nc2c(F)cccc12. The first kappa shape index (κ1) is 13.9. The molecule has 3 rings (SSSR count). The summed E-state index contributed by atoms with van der Waals surface area (Å²) in [6.45, 7) is 3.31. The molecular weight excluding hydrogens is 275 g/mol. The van der Waals surface area contributed by atoms with Crippen LogP contribution in [0.2, 0.25) is 0 Å². The van der Waals surface area contributed by atoms with E-state index >= 15 is 0 Å². The molecule has 2 heterocycles. The lowest BCUT2D eigenvalue weighted by atomic mass is 10.1. The number of rotatable bonds is 3. The Morgan fingerprint density at radius 3 is 2.86 bits per heavy atom. The second-order valence-electron chi connectivity index (χ2n) is 4.99. The Hall–Kier alpha value is -2.05. The number of carboxylic acids is 1. The monoisotopic (exact) mass is 290 g/mol. The minimum absolute atomic E-state index is 0.0859. The van der Waals surface area contributed by atoms with E-state index < -0.39 is 11.8 Å². The highest BCUT2D eigenvalue weighted by Crippen LogP contribution is 2.22. The molecule has 0 radical (unpaired) electrons. The van der Waals surface area contributed by atoms with E-state index in [0.717, 1.165) is 13.1 Å². The number of nitrogens with zero attached hydrogens (tertiary/aromatic N) is 2. The van der Waals surface area contributed by atoms with Gasteiger partial charge < -0.3 is 9.84 Å². The predicted molar refractivity (Wildman–Crippen MR) is 74.8 cm³/mol. The summed E-state index contributed by atoms with van der Waals surface area (Å²) in [5.74, 6) is -1.57. The third-order valence-corrected chi connectivity index (χ3v) is 3.56. The quantitative estimate of drug-likeness (QED) is 0.935. The summed E-state index contributed by atoms with van der Waals surface area (Å²) >= 11 is 0. The summed E-state index contributed by atoms with van der Waals surface area (Å²) in [5.41, 5.74) is 0.760. The summed E-state index contributed by atoms with van der Waals surface area (Å²) in [5, 5.41) is 9.65. The van der Waals surface area contributed by atoms with Gasteiger partial charge in [-0.25, -0.2) is 14.2 Å². The molecule has 1 N–H and O–H groups in total. The van der Waals surface area contributed by atoms with E-state index in [-0.39, 0.29) is 11.1 Å². The van der Waals surface area contributed by atoms with Gasteiger partial charge in [-0.1, -0.05) is 12.1 Å². The standard InChI is InChI=1S/C15H15FN2O3/c16-13-3-1-2-11-12(15(19)20)8-10(17-14(11)13)9-18-4-6-21-7-5-18/h1-3,8H,4-7,9H2,(H,19,20). The molecule has 1 aromatic heterocycles. The van der Waals surface area contributed by atoms with Crippen LogP contribution in [0.15, 0.2) is 24.3 Å². The van der Waals surface area contributed by atoms with Gasteiger partial charge in [-0.05, 0) is 12.1 Å². The number of morpholine rings is 1. The second-order valence-corrected chi connectivity index (χ2v) is 4.99. The average molecular weight is 290 g/mol. The average Bonchev–Trinajstić information content (AvgIpc) is 2.48. The van der Waals surface area contributed by atoms with Crippen molar-refractivity contribution in [3.05, 3.63) is 41.3 Å². The van der Waals surface area contributed by atoms with Crippen LogP contribution < -0.4 is 0 Å². The largest absolute Gasteiger partial charge is 0.478 e. The topological polar surface area (TPSA) is 62.7 Å². The van der Waals surface area contributed by atoms with Gasteiger partial charge in [0.15, 0.2) is 0 Å². The van der Waals surface area contributed by atoms with Gasteiger partial charge in [0.1, 0.15) is 11.3 Å². The molecule has 2 aromatic rings. The number of hydrogen-bond acceptors (Lipinski definition) is 4. The lowest BCUT2D eigenvalue weighted by Gasteiger charge is -2.26. The Morgan fingerprint density at radius 1 is 1.38 bits per heavy atom. The van der Waals surface area contributed by atoms with Gasteiger partial charge >= 0.3 is 5.97 Å². The summed E-state index contributed by atoms with van der Waals surface area (Å²) in [7, 11) is 0. The first-order chi connectivity index (χ1) is 10.1. The third kappa shape index (κ3) is 2.86. The maximum Gasteiger partial charge on any atom is 0.336 e. The van der Waals surface area contributed by atoms with Crippen molar-refractivity contribution in [3.8, 4) is 0 Å². The lowest BCUT2D eigenvalue weighted by molar-refractivity contribution is 0.0336. The number of carboxylic acid groups (broad SMARTS) is 1. The minimum Gasteiger partial charge on any atom is -0.478 e. The van der Waals surface area contributed by atoms with Crippen LogP contribution in [-0.2, 0) is 11.3 Å². The zero-order valence-corrected chi connectivity index (χ0v) is 11.4. The Labute approximate surface area is 121 Å². The molecule has 1 saturated heterocycles. The van der Waals surface area contributed by atoms with Crippen LogP contribution in [0, 0.1) is 5.82 Å². The number of ether oxygens (including phenoxy) is 1. The molecule has 0 spiro atoms. The van der Waals surface area contributed by atoms with Gasteiger partial charge in [-0.3, -0.25) is 4.90 Å². The maximum atomic E-state index is 13.9. The molecule has 0 bridgehead atoms. The molecule has 1 aromatic carbocycles. The van der Waals surface area contributed by atoms with Crippen LogP contribution in [0.25, 0.3) is 10.9 Å². The van der Waals surface area contributed by atoms with Crippen LogP contribution >= 0.6 is 0 Å². The summed E-state index contributed by atoms with van der Waals surface area (Å²) in [4.78, 5) is 17.8. The molecule has 110 valence electrons. The van der Waals surface area contributed by atoms with E-state index in [0.29, 0.717) is 30.8 Å². The van der Waals surface area contributed by atoms with Crippen LogP contribution in [0.5, 0.6) is 0 Å². The van der Waals surface area contributed by atoms with E-state index in [4.69, 9.17) is 4.74 Å². The molecule has 1 aliphatic rings. The minimum atomic E-state index is -1.07. The van der Waals surface area contributed by atoms with Gasteiger partial charge in [0.05, 0.1) is 24.5 Å². The predicted octanol–water partition coefficient (Wildman–Crippen LogP) is 1.90. The first-order valence-corrected chi connectivity index (χ1v) is 6.76. The smallest absolute Gasteiger partial charge is 0.336 e. The number of para-hydroxylation sites is 1. The number of benzene rings is 1. The Balaban J connectivity index is 2.02. The molecule has 0 unspecified atom stereocenters. The maximum absolute atomic E-state index is 13.9. The normalized spacial score (nSPS) is 16.2. The van der Waals surface area contributed by atoms with Crippen molar-refractivity contribution in [1.82, 2.24) is 9.88 Å². The van der Waals surface area contributed by atoms with E-state index in [9.17, 15) is 14.3 Å². The van der Waals surface area contributed by atoms with Crippen molar-refractivity contribution >= 4 is 16.9 Å². The van der Waals surface area contributed by atoms with Crippen LogP contribution in [0.4, 0.5) is 4.39 Å². The van der Waals surface area contributed by atoms with Gasteiger partial charge in [-0.2, -0.15) is 0 Å². The van der Waals surface area contributed by atoms with E-state index in [1.807, 2.05) is 0 Å². The fraction of sp³-hybridized carbons (Fsp3) is 0.333. The van der Waals surface area contributed by atoms with Gasteiger partial charge in [0, 0.05) is 25.0 Å². The molecule has 6 heteroatoms. The van der Waals surface area contributed by atoms with Crippen molar-refractivity contribution in [3.63, 3.8) is 0 Å². The summed E-state index contributed by atoms with van der Waals surface area (Å²) in [6.07, 6.45) is 0. The molecule has 5 nitrogen and oxygen atoms in total. The van der Waals surface area contributed by atoms with Crippen molar-refractivity contribution < 1.29 is 19.0 Å². The zero-order valence-electron chi connectivity index (χ0n) is 11.4. The number of aromatic nitrogens is 1. The number of halogens is 1. The van der Waals surface area contributed by atoms with Gasteiger partial charge in [-0.15, -0.1) is 0 Å². The van der Waals surface area contributed by atoms with Crippen LogP contribution in [-0.4, -0.2) is 47.3 Å². The molecule has 0 atom stereocenters. The lowest BCUT2D eigenvalue weighted by Crippen LogP contribution is -2.35. The van der Waals surface area contributed by atoms with Gasteiger partial charge in [0.25, 0.3) is 0 Å². The fourth-order valence-corrected chi connectivity index (χ4v) is 2.51. The van der Waals surface area contributed by atoms with E-state index in [2.05, 4.69) is 9.88 Å². The highest BCUT2D eigenvalue weighted by atomic mass is 19.1. The Kier molecular flexibility index (Phi) is 3.81. The number of hydrogen-bond donors (Lipinski definition) is 1. The zero-order chi connectivity index (χ0) is 14.8. The highest BCUT2D eigenvalue weighted by Gasteiger charge is 2.17. The molecule has 1 fully saturated rings. The molecule has 0 amide bonds. The highest BCUT2D eigenvalue weighted by molar-refractivity contribution is 6.02. The first-order valence-electron chi connectivity index (χ1n) is 6.76. The fourth-order valence-electron chi connectivity index (χ4n) is 2.51. The molecule has 1 aliphatic heterocycles. The second kappa shape index (κ2) is 5.75. The Bertz CT molecular complexity index is 684. The number of aromatic carboxylic acids is 1. The number of carbonyl (C=O) groups is 1. The van der Waals surface area contributed by atoms with E-state index in [1.165, 1.54) is 18.2 Å². The molecule has 0 saturated carbocycles. The van der Waals surface area contributed by atoms with Crippen molar-refractivity contribution in [1.29, 1.82) is 0 Å². The van der Waals surface area contributed by atoms with Crippen molar-refractivity contribution in [2.24, 2.45) is 0 Å². The summed E-state index contributed by atoms with van der Waals surface area (Å²) < 4.78 is 19.2. The summed E-state index contributed by atoms with van der Waals surface area (Å²) in [6, 6.07) is 5.89. The third-order valence-electron chi connectivity index (χ3n) is 3.56. The Morgan fingerprint density at radius 2 is 2.14 bits per heavy atom. The van der Waals surface area contributed by atoms with Crippen molar-refractivity contribution in [2.45, 2.75) is 6.54 Å². The van der Waals surface area contributed by atoms with Crippen LogP contribution in [0.1, 0.15) is 16.1 Å². The molecule has 21 heavy (non-hydrogen) atoms. The molecular formula is C15H15FN2O3. The number of fused-ring (bicyclic) bond motifs is 1. The van der Waals surface area contributed by atoms with Crippen molar-refractivity contribution in [2.75, 3.05) is 26.3 Å². The van der Waals surface area contributed by atoms with Gasteiger partial charge in [0.2, 0.25) is 0 Å². The molecule has 0 aliphatic carbocycles. The van der Waals surface area contributed by atoms with Crippen LogP contribution in [0.3, 0.4) is 0 Å².